The molecule has 3 nitrogen and oxygen atoms in total. The first kappa shape index (κ1) is 8.35. The van der Waals surface area contributed by atoms with Crippen LogP contribution in [-0.2, 0) is 0 Å². The molecule has 1 aliphatic carbocycles. The average molecular weight is 177 g/mol. The molecule has 1 aliphatic rings. The van der Waals surface area contributed by atoms with E-state index in [0.29, 0.717) is 6.04 Å². The molecule has 2 N–H and O–H groups in total. The highest BCUT2D eigenvalue weighted by molar-refractivity contribution is 5.47. The molecule has 0 amide bonds. The molecule has 0 radical (unpaired) electrons. The molecule has 0 unspecified atom stereocenters. The summed E-state index contributed by atoms with van der Waals surface area (Å²) in [6.45, 7) is 3.02. The van der Waals surface area contributed by atoms with Gasteiger partial charge in [0.1, 0.15) is 5.82 Å². The highest BCUT2D eigenvalue weighted by Gasteiger charge is 2.20. The molecule has 0 bridgehead atoms. The van der Waals surface area contributed by atoms with E-state index in [1.165, 1.54) is 12.8 Å². The van der Waals surface area contributed by atoms with Crippen LogP contribution >= 0.6 is 0 Å². The van der Waals surface area contributed by atoms with Crippen LogP contribution in [0.25, 0.3) is 0 Å². The van der Waals surface area contributed by atoms with Gasteiger partial charge < -0.3 is 10.6 Å². The zero-order valence-corrected chi connectivity index (χ0v) is 7.88. The Kier molecular flexibility index (Phi) is 2.34. The van der Waals surface area contributed by atoms with E-state index < -0.39 is 0 Å². The molecule has 0 spiro atoms. The first-order chi connectivity index (χ1) is 6.38. The minimum absolute atomic E-state index is 0.678. The number of nitrogens with zero attached hydrogens (tertiary/aromatic N) is 1. The van der Waals surface area contributed by atoms with Crippen molar-refractivity contribution in [2.45, 2.75) is 25.8 Å². The number of anilines is 2. The van der Waals surface area contributed by atoms with Crippen molar-refractivity contribution >= 4 is 11.5 Å². The fourth-order valence-electron chi connectivity index (χ4n) is 1.22. The molecule has 1 aromatic heterocycles. The zero-order chi connectivity index (χ0) is 9.10. The summed E-state index contributed by atoms with van der Waals surface area (Å²) in [5, 5.41) is 6.56. The second-order valence-electron chi connectivity index (χ2n) is 3.38. The van der Waals surface area contributed by atoms with Gasteiger partial charge >= 0.3 is 0 Å². The quantitative estimate of drug-likeness (QED) is 0.739. The van der Waals surface area contributed by atoms with Crippen LogP contribution < -0.4 is 10.6 Å². The average Bonchev–Trinajstić information content (AvgIpc) is 2.93. The van der Waals surface area contributed by atoms with E-state index in [-0.39, 0.29) is 0 Å². The number of hydrogen-bond donors (Lipinski definition) is 2. The summed E-state index contributed by atoms with van der Waals surface area (Å²) in [7, 11) is 0. The number of rotatable bonds is 4. The van der Waals surface area contributed by atoms with E-state index in [1.54, 1.807) is 0 Å². The molecule has 1 aromatic rings. The van der Waals surface area contributed by atoms with Gasteiger partial charge in [0.05, 0.1) is 11.9 Å². The maximum atomic E-state index is 4.30. The Morgan fingerprint density at radius 1 is 1.46 bits per heavy atom. The maximum absolute atomic E-state index is 4.30. The van der Waals surface area contributed by atoms with Crippen LogP contribution in [0.1, 0.15) is 19.8 Å². The fourth-order valence-corrected chi connectivity index (χ4v) is 1.22. The van der Waals surface area contributed by atoms with Crippen LogP contribution in [0, 0.1) is 0 Å². The van der Waals surface area contributed by atoms with Gasteiger partial charge in [-0.1, -0.05) is 0 Å². The van der Waals surface area contributed by atoms with Crippen LogP contribution in [-0.4, -0.2) is 17.6 Å². The van der Waals surface area contributed by atoms with Crippen molar-refractivity contribution in [2.24, 2.45) is 0 Å². The summed E-state index contributed by atoms with van der Waals surface area (Å²) >= 11 is 0. The van der Waals surface area contributed by atoms with Crippen molar-refractivity contribution in [3.63, 3.8) is 0 Å². The summed E-state index contributed by atoms with van der Waals surface area (Å²) < 4.78 is 0. The maximum Gasteiger partial charge on any atom is 0.126 e. The first-order valence-corrected chi connectivity index (χ1v) is 4.85. The van der Waals surface area contributed by atoms with Crippen molar-refractivity contribution < 1.29 is 0 Å². The normalized spacial score (nSPS) is 15.5. The van der Waals surface area contributed by atoms with Crippen LogP contribution in [0.15, 0.2) is 18.3 Å². The Hall–Kier alpha value is -1.25. The third-order valence-electron chi connectivity index (χ3n) is 2.07. The Morgan fingerprint density at radius 2 is 2.31 bits per heavy atom. The predicted molar refractivity (Wildman–Crippen MR) is 55.0 cm³/mol. The van der Waals surface area contributed by atoms with Crippen LogP contribution in [0.3, 0.4) is 0 Å². The molecule has 1 fully saturated rings. The van der Waals surface area contributed by atoms with Crippen molar-refractivity contribution in [1.82, 2.24) is 4.98 Å². The van der Waals surface area contributed by atoms with Gasteiger partial charge in [0.15, 0.2) is 0 Å². The van der Waals surface area contributed by atoms with Crippen LogP contribution in [0.5, 0.6) is 0 Å². The third-order valence-corrected chi connectivity index (χ3v) is 2.07. The molecular formula is C10H15N3. The van der Waals surface area contributed by atoms with Gasteiger partial charge in [-0.15, -0.1) is 0 Å². The van der Waals surface area contributed by atoms with Gasteiger partial charge in [-0.2, -0.15) is 0 Å². The van der Waals surface area contributed by atoms with E-state index in [2.05, 4.69) is 28.6 Å². The smallest absolute Gasteiger partial charge is 0.126 e. The molecule has 0 saturated heterocycles. The minimum atomic E-state index is 0.678. The lowest BCUT2D eigenvalue weighted by molar-refractivity contribution is 1.11. The summed E-state index contributed by atoms with van der Waals surface area (Å²) in [4.78, 5) is 4.30. The van der Waals surface area contributed by atoms with Gasteiger partial charge in [0, 0.05) is 12.6 Å². The van der Waals surface area contributed by atoms with Gasteiger partial charge in [-0.3, -0.25) is 0 Å². The number of pyridine rings is 1. The standard InChI is InChI=1S/C10H15N3/c1-2-11-9-5-6-10(12-7-9)13-8-3-4-8/h5-8,11H,2-4H2,1H3,(H,12,13). The van der Waals surface area contributed by atoms with Crippen LogP contribution in [0.4, 0.5) is 11.5 Å². The molecule has 1 heterocycles. The number of hydrogen-bond acceptors (Lipinski definition) is 3. The first-order valence-electron chi connectivity index (χ1n) is 4.85. The monoisotopic (exact) mass is 177 g/mol. The summed E-state index contributed by atoms with van der Waals surface area (Å²) in [5.41, 5.74) is 1.09. The second-order valence-corrected chi connectivity index (χ2v) is 3.38. The Bertz CT molecular complexity index is 264. The van der Waals surface area contributed by atoms with Crippen molar-refractivity contribution in [2.75, 3.05) is 17.2 Å². The van der Waals surface area contributed by atoms with E-state index in [0.717, 1.165) is 18.1 Å². The molecule has 2 rings (SSSR count). The van der Waals surface area contributed by atoms with Gasteiger partial charge in [0.2, 0.25) is 0 Å². The third kappa shape index (κ3) is 2.34. The summed E-state index contributed by atoms with van der Waals surface area (Å²) in [5.74, 6) is 0.990. The van der Waals surface area contributed by atoms with Crippen LogP contribution in [0.2, 0.25) is 0 Å². The number of aromatic nitrogens is 1. The Labute approximate surface area is 78.6 Å². The van der Waals surface area contributed by atoms with E-state index in [9.17, 15) is 0 Å². The second kappa shape index (κ2) is 3.64. The number of nitrogens with one attached hydrogen (secondary N) is 2. The Balaban J connectivity index is 1.95. The molecule has 13 heavy (non-hydrogen) atoms. The predicted octanol–water partition coefficient (Wildman–Crippen LogP) is 2.09. The van der Waals surface area contributed by atoms with Gasteiger partial charge in [-0.25, -0.2) is 4.98 Å². The molecule has 0 aliphatic heterocycles. The SMILES string of the molecule is CCNc1ccc(NC2CC2)nc1. The lowest BCUT2D eigenvalue weighted by Crippen LogP contribution is -2.03. The van der Waals surface area contributed by atoms with E-state index in [1.807, 2.05) is 12.3 Å². The summed E-state index contributed by atoms with van der Waals surface area (Å²) in [6, 6.07) is 4.76. The molecule has 70 valence electrons. The van der Waals surface area contributed by atoms with E-state index >= 15 is 0 Å². The Morgan fingerprint density at radius 3 is 2.85 bits per heavy atom. The van der Waals surface area contributed by atoms with Crippen molar-refractivity contribution in [3.05, 3.63) is 18.3 Å². The minimum Gasteiger partial charge on any atom is -0.384 e. The van der Waals surface area contributed by atoms with Crippen molar-refractivity contribution in [1.29, 1.82) is 0 Å². The largest absolute Gasteiger partial charge is 0.384 e. The lowest BCUT2D eigenvalue weighted by Gasteiger charge is -2.05. The van der Waals surface area contributed by atoms with Gasteiger partial charge in [0.25, 0.3) is 0 Å². The zero-order valence-electron chi connectivity index (χ0n) is 7.88. The van der Waals surface area contributed by atoms with Gasteiger partial charge in [-0.05, 0) is 31.9 Å². The fraction of sp³-hybridized carbons (Fsp3) is 0.500. The molecule has 3 heteroatoms. The molecule has 0 aromatic carbocycles. The topological polar surface area (TPSA) is 37.0 Å². The lowest BCUT2D eigenvalue weighted by atomic mass is 10.4. The van der Waals surface area contributed by atoms with Crippen molar-refractivity contribution in [3.8, 4) is 0 Å². The van der Waals surface area contributed by atoms with E-state index in [4.69, 9.17) is 0 Å². The molecular weight excluding hydrogens is 162 g/mol. The summed E-state index contributed by atoms with van der Waals surface area (Å²) in [6.07, 6.45) is 4.45. The highest BCUT2D eigenvalue weighted by atomic mass is 15.0. The molecule has 0 atom stereocenters. The highest BCUT2D eigenvalue weighted by Crippen LogP contribution is 2.23. The molecule has 1 saturated carbocycles.